The van der Waals surface area contributed by atoms with Crippen molar-refractivity contribution in [2.45, 2.75) is 6.61 Å². The van der Waals surface area contributed by atoms with Gasteiger partial charge in [0.15, 0.2) is 0 Å². The van der Waals surface area contributed by atoms with Gasteiger partial charge in [-0.2, -0.15) is 0 Å². The number of hydrogen-bond donors (Lipinski definition) is 0. The van der Waals surface area contributed by atoms with Gasteiger partial charge in [0.2, 0.25) is 0 Å². The predicted octanol–water partition coefficient (Wildman–Crippen LogP) is 3.21. The minimum Gasteiger partial charge on any atom is -0.490 e. The number of hydrogen-bond acceptors (Lipinski definition) is 4. The van der Waals surface area contributed by atoms with Gasteiger partial charge in [-0.15, -0.1) is 0 Å². The van der Waals surface area contributed by atoms with E-state index in [4.69, 9.17) is 14.2 Å². The zero-order valence-corrected chi connectivity index (χ0v) is 12.3. The second kappa shape index (κ2) is 8.14. The topological polar surface area (TPSA) is 44.8 Å². The van der Waals surface area contributed by atoms with E-state index in [0.717, 1.165) is 0 Å². The number of ether oxygens (including phenoxy) is 3. The maximum atomic E-state index is 13.5. The highest BCUT2D eigenvalue weighted by atomic mass is 19.1. The van der Waals surface area contributed by atoms with Crippen LogP contribution in [0.1, 0.15) is 15.9 Å². The van der Waals surface area contributed by atoms with Crippen LogP contribution in [-0.4, -0.2) is 26.3 Å². The Bertz CT molecular complexity index is 628. The molecule has 5 heteroatoms. The van der Waals surface area contributed by atoms with Crippen LogP contribution in [0.25, 0.3) is 0 Å². The first-order chi connectivity index (χ1) is 10.7. The maximum absolute atomic E-state index is 13.5. The smallest absolute Gasteiger partial charge is 0.342 e. The molecule has 0 aliphatic carbocycles. The summed E-state index contributed by atoms with van der Waals surface area (Å²) in [6.07, 6.45) is 0. The first-order valence-corrected chi connectivity index (χ1v) is 6.83. The number of esters is 1. The van der Waals surface area contributed by atoms with Gasteiger partial charge in [-0.1, -0.05) is 30.3 Å². The van der Waals surface area contributed by atoms with E-state index in [1.807, 2.05) is 0 Å². The number of carbonyl (C=O) groups is 1. The summed E-state index contributed by atoms with van der Waals surface area (Å²) in [5, 5.41) is 0. The third kappa shape index (κ3) is 4.30. The van der Waals surface area contributed by atoms with Gasteiger partial charge in [-0.05, 0) is 18.2 Å². The Kier molecular flexibility index (Phi) is 5.91. The molecule has 22 heavy (non-hydrogen) atoms. The van der Waals surface area contributed by atoms with Crippen molar-refractivity contribution >= 4 is 5.97 Å². The molecule has 0 bridgehead atoms. The first kappa shape index (κ1) is 16.0. The number of carbonyl (C=O) groups excluding carboxylic acids is 1. The Labute approximate surface area is 128 Å². The SMILES string of the molecule is COCCOc1ccccc1C(=O)OCc1ccccc1F. The predicted molar refractivity (Wildman–Crippen MR) is 79.3 cm³/mol. The average molecular weight is 304 g/mol. The van der Waals surface area contributed by atoms with Crippen LogP contribution in [0, 0.1) is 5.82 Å². The Balaban J connectivity index is 2.01. The van der Waals surface area contributed by atoms with Crippen LogP contribution in [0.2, 0.25) is 0 Å². The molecular weight excluding hydrogens is 287 g/mol. The van der Waals surface area contributed by atoms with E-state index in [9.17, 15) is 9.18 Å². The molecule has 2 aromatic rings. The van der Waals surface area contributed by atoms with Crippen LogP contribution in [0.3, 0.4) is 0 Å². The number of para-hydroxylation sites is 1. The van der Waals surface area contributed by atoms with Crippen molar-refractivity contribution in [2.24, 2.45) is 0 Å². The van der Waals surface area contributed by atoms with Gasteiger partial charge in [0, 0.05) is 12.7 Å². The van der Waals surface area contributed by atoms with Crippen LogP contribution in [-0.2, 0) is 16.1 Å². The van der Waals surface area contributed by atoms with Gasteiger partial charge in [-0.3, -0.25) is 0 Å². The molecule has 0 atom stereocenters. The molecule has 0 saturated heterocycles. The third-order valence-corrected chi connectivity index (χ3v) is 2.97. The van der Waals surface area contributed by atoms with Crippen molar-refractivity contribution in [3.05, 3.63) is 65.5 Å². The van der Waals surface area contributed by atoms with E-state index in [-0.39, 0.29) is 6.61 Å². The Hall–Kier alpha value is -2.40. The molecule has 116 valence electrons. The summed E-state index contributed by atoms with van der Waals surface area (Å²) in [7, 11) is 1.57. The van der Waals surface area contributed by atoms with Crippen molar-refractivity contribution in [2.75, 3.05) is 20.3 Å². The molecule has 2 rings (SSSR count). The van der Waals surface area contributed by atoms with Crippen LogP contribution in [0.4, 0.5) is 4.39 Å². The van der Waals surface area contributed by atoms with E-state index in [0.29, 0.717) is 30.1 Å². The van der Waals surface area contributed by atoms with Gasteiger partial charge in [0.1, 0.15) is 30.3 Å². The Morgan fingerprint density at radius 2 is 1.77 bits per heavy atom. The van der Waals surface area contributed by atoms with Crippen LogP contribution in [0.5, 0.6) is 5.75 Å². The zero-order chi connectivity index (χ0) is 15.8. The number of methoxy groups -OCH3 is 1. The van der Waals surface area contributed by atoms with Crippen LogP contribution < -0.4 is 4.74 Å². The van der Waals surface area contributed by atoms with E-state index >= 15 is 0 Å². The molecule has 0 aliphatic heterocycles. The normalized spacial score (nSPS) is 10.3. The number of benzene rings is 2. The van der Waals surface area contributed by atoms with E-state index in [2.05, 4.69) is 0 Å². The minimum absolute atomic E-state index is 0.127. The molecule has 0 fully saturated rings. The van der Waals surface area contributed by atoms with E-state index < -0.39 is 11.8 Å². The fraction of sp³-hybridized carbons (Fsp3) is 0.235. The summed E-state index contributed by atoms with van der Waals surface area (Å²) in [4.78, 5) is 12.1. The van der Waals surface area contributed by atoms with Crippen molar-refractivity contribution in [1.29, 1.82) is 0 Å². The fourth-order valence-electron chi connectivity index (χ4n) is 1.83. The summed E-state index contributed by atoms with van der Waals surface area (Å²) in [5.74, 6) is -0.547. The highest BCUT2D eigenvalue weighted by Gasteiger charge is 2.14. The first-order valence-electron chi connectivity index (χ1n) is 6.83. The second-order valence-corrected chi connectivity index (χ2v) is 4.50. The molecule has 0 saturated carbocycles. The average Bonchev–Trinajstić information content (AvgIpc) is 2.54. The summed E-state index contributed by atoms with van der Waals surface area (Å²) in [6.45, 7) is 0.616. The van der Waals surface area contributed by atoms with E-state index in [1.54, 1.807) is 49.6 Å². The molecule has 0 amide bonds. The van der Waals surface area contributed by atoms with Gasteiger partial charge in [-0.25, -0.2) is 9.18 Å². The van der Waals surface area contributed by atoms with Gasteiger partial charge in [0.05, 0.1) is 6.61 Å². The zero-order valence-electron chi connectivity index (χ0n) is 12.3. The molecule has 2 aromatic carbocycles. The number of rotatable bonds is 7. The molecule has 0 N–H and O–H groups in total. The quantitative estimate of drug-likeness (QED) is 0.582. The lowest BCUT2D eigenvalue weighted by Gasteiger charge is -2.11. The lowest BCUT2D eigenvalue weighted by Crippen LogP contribution is -2.11. The van der Waals surface area contributed by atoms with Crippen molar-refractivity contribution in [3.8, 4) is 5.75 Å². The van der Waals surface area contributed by atoms with Gasteiger partial charge in [0.25, 0.3) is 0 Å². The standard InChI is InChI=1S/C17H17FO4/c1-20-10-11-21-16-9-5-3-7-14(16)17(19)22-12-13-6-2-4-8-15(13)18/h2-9H,10-12H2,1H3. The lowest BCUT2D eigenvalue weighted by atomic mass is 10.2. The molecular formula is C17H17FO4. The van der Waals surface area contributed by atoms with Gasteiger partial charge < -0.3 is 14.2 Å². The summed E-state index contributed by atoms with van der Waals surface area (Å²) in [6, 6.07) is 12.9. The summed E-state index contributed by atoms with van der Waals surface area (Å²) < 4.78 is 29.0. The largest absolute Gasteiger partial charge is 0.490 e. The van der Waals surface area contributed by atoms with Crippen molar-refractivity contribution in [1.82, 2.24) is 0 Å². The molecule has 0 spiro atoms. The molecule has 0 unspecified atom stereocenters. The molecule has 4 nitrogen and oxygen atoms in total. The van der Waals surface area contributed by atoms with Crippen molar-refractivity contribution in [3.63, 3.8) is 0 Å². The maximum Gasteiger partial charge on any atom is 0.342 e. The molecule has 0 radical (unpaired) electrons. The Morgan fingerprint density at radius 1 is 1.05 bits per heavy atom. The lowest BCUT2D eigenvalue weighted by molar-refractivity contribution is 0.0462. The molecule has 0 heterocycles. The number of halogens is 1. The third-order valence-electron chi connectivity index (χ3n) is 2.97. The summed E-state index contributed by atoms with van der Waals surface area (Å²) >= 11 is 0. The monoisotopic (exact) mass is 304 g/mol. The highest BCUT2D eigenvalue weighted by Crippen LogP contribution is 2.20. The minimum atomic E-state index is -0.559. The fourth-order valence-corrected chi connectivity index (χ4v) is 1.83. The molecule has 0 aromatic heterocycles. The van der Waals surface area contributed by atoms with Gasteiger partial charge >= 0.3 is 5.97 Å². The van der Waals surface area contributed by atoms with Crippen LogP contribution in [0.15, 0.2) is 48.5 Å². The second-order valence-electron chi connectivity index (χ2n) is 4.50. The van der Waals surface area contributed by atoms with Crippen molar-refractivity contribution < 1.29 is 23.4 Å². The van der Waals surface area contributed by atoms with Crippen LogP contribution >= 0.6 is 0 Å². The van der Waals surface area contributed by atoms with E-state index in [1.165, 1.54) is 6.07 Å². The Morgan fingerprint density at radius 3 is 2.55 bits per heavy atom. The highest BCUT2D eigenvalue weighted by molar-refractivity contribution is 5.92. The summed E-state index contributed by atoms with van der Waals surface area (Å²) in [5.41, 5.74) is 0.628. The molecule has 0 aliphatic rings.